The summed E-state index contributed by atoms with van der Waals surface area (Å²) in [5, 5.41) is 9.95. The Morgan fingerprint density at radius 2 is 1.85 bits per heavy atom. The Hall–Kier alpha value is -2.70. The summed E-state index contributed by atoms with van der Waals surface area (Å²) < 4.78 is 37.2. The van der Waals surface area contributed by atoms with Gasteiger partial charge in [-0.1, -0.05) is 44.2 Å². The molecule has 0 spiro atoms. The summed E-state index contributed by atoms with van der Waals surface area (Å²) in [7, 11) is 5.72. The smallest absolute Gasteiger partial charge is 0.410 e. The highest BCUT2D eigenvalue weighted by molar-refractivity contribution is 5.89. The highest BCUT2D eigenvalue weighted by Crippen LogP contribution is 2.39. The van der Waals surface area contributed by atoms with Crippen LogP contribution in [-0.4, -0.2) is 103 Å². The molecule has 0 aromatic heterocycles. The third-order valence-electron chi connectivity index (χ3n) is 9.67. The van der Waals surface area contributed by atoms with Crippen molar-refractivity contribution in [1.82, 2.24) is 9.80 Å². The molecule has 4 rings (SSSR count). The number of methoxy groups -OCH3 is 1. The molecule has 1 saturated heterocycles. The van der Waals surface area contributed by atoms with Crippen molar-refractivity contribution < 1.29 is 43.1 Å². The lowest BCUT2D eigenvalue weighted by atomic mass is 9.85. The predicted molar refractivity (Wildman–Crippen MR) is 176 cm³/mol. The van der Waals surface area contributed by atoms with Gasteiger partial charge in [-0.25, -0.2) is 9.59 Å². The fourth-order valence-corrected chi connectivity index (χ4v) is 6.61. The van der Waals surface area contributed by atoms with Crippen molar-refractivity contribution in [2.45, 2.75) is 122 Å². The maximum absolute atomic E-state index is 13.4. The van der Waals surface area contributed by atoms with Gasteiger partial charge in [-0.3, -0.25) is 0 Å². The van der Waals surface area contributed by atoms with E-state index in [9.17, 15) is 14.7 Å². The first kappa shape index (κ1) is 37.1. The topological polar surface area (TPSA) is 116 Å². The van der Waals surface area contributed by atoms with Crippen molar-refractivity contribution in [3.63, 3.8) is 0 Å². The summed E-state index contributed by atoms with van der Waals surface area (Å²) in [4.78, 5) is 30.1. The van der Waals surface area contributed by atoms with Gasteiger partial charge in [-0.15, -0.1) is 0 Å². The molecular weight excluding hydrogens is 604 g/mol. The van der Waals surface area contributed by atoms with Gasteiger partial charge in [-0.05, 0) is 65.1 Å². The lowest BCUT2D eigenvalue weighted by molar-refractivity contribution is -0.280. The average molecular weight is 661 g/mol. The molecule has 1 aromatic carbocycles. The van der Waals surface area contributed by atoms with Crippen LogP contribution in [-0.2, 0) is 39.8 Å². The molecule has 4 unspecified atom stereocenters. The number of rotatable bonds is 15. The highest BCUT2D eigenvalue weighted by Gasteiger charge is 2.47. The standard InChI is InChI=1S/C36H56N2O9/c1-23(21-39)19-36(6,42-9)31(18-30-25(3)32(40)47-35(4,5)46-30)45-33-24(2)29(37(7)8)17-28(44-33)20-38(27-15-16-27)34(41)43-22-26-13-11-10-12-14-26/h10-14,23-24,27-29,31,33,39H,15-22H2,1-9H3/t23-,24?,28?,29?,31-,33?,36-/m1/s1. The van der Waals surface area contributed by atoms with Gasteiger partial charge in [0.05, 0.1) is 29.9 Å². The van der Waals surface area contributed by atoms with E-state index in [2.05, 4.69) is 11.8 Å². The molecule has 11 nitrogen and oxygen atoms in total. The van der Waals surface area contributed by atoms with Crippen LogP contribution in [0.2, 0.25) is 0 Å². The average Bonchev–Trinajstić information content (AvgIpc) is 3.87. The van der Waals surface area contributed by atoms with E-state index < -0.39 is 29.8 Å². The number of cyclic esters (lactones) is 1. The Balaban J connectivity index is 1.58. The largest absolute Gasteiger partial charge is 0.457 e. The minimum absolute atomic E-state index is 0.0122. The number of aliphatic hydroxyl groups excluding tert-OH is 1. The normalized spacial score (nSPS) is 27.0. The van der Waals surface area contributed by atoms with Crippen LogP contribution in [0.3, 0.4) is 0 Å². The molecule has 2 fully saturated rings. The summed E-state index contributed by atoms with van der Waals surface area (Å²) in [6.07, 6.45) is 1.40. The van der Waals surface area contributed by atoms with Gasteiger partial charge in [0.15, 0.2) is 6.29 Å². The molecule has 2 heterocycles. The van der Waals surface area contributed by atoms with Crippen LogP contribution in [0.25, 0.3) is 0 Å². The Morgan fingerprint density at radius 1 is 1.17 bits per heavy atom. The number of carbonyl (C=O) groups excluding carboxylic acids is 2. The SMILES string of the molecule is CO[C@](C)(C[C@@H](C)CO)[C@@H](CC1=C(C)C(=O)OC(C)(C)O1)OC1OC(CN(C(=O)OCc2ccccc2)C2CC2)CC(N(C)C)C1C. The molecule has 2 aliphatic heterocycles. The van der Waals surface area contributed by atoms with E-state index in [-0.39, 0.29) is 55.8 Å². The highest BCUT2D eigenvalue weighted by atomic mass is 16.7. The minimum atomic E-state index is -1.13. The molecule has 47 heavy (non-hydrogen) atoms. The predicted octanol–water partition coefficient (Wildman–Crippen LogP) is 5.25. The lowest BCUT2D eigenvalue weighted by Gasteiger charge is -2.47. The first-order chi connectivity index (χ1) is 22.2. The summed E-state index contributed by atoms with van der Waals surface area (Å²) in [5.74, 6) is -1.21. The second-order valence-electron chi connectivity index (χ2n) is 14.5. The van der Waals surface area contributed by atoms with Crippen molar-refractivity contribution >= 4 is 12.1 Å². The molecule has 1 amide bonds. The van der Waals surface area contributed by atoms with Gasteiger partial charge in [0, 0.05) is 52.0 Å². The van der Waals surface area contributed by atoms with E-state index in [4.69, 9.17) is 28.4 Å². The van der Waals surface area contributed by atoms with Crippen LogP contribution in [0, 0.1) is 11.8 Å². The van der Waals surface area contributed by atoms with Crippen LogP contribution in [0.15, 0.2) is 41.7 Å². The van der Waals surface area contributed by atoms with Crippen LogP contribution < -0.4 is 0 Å². The Labute approximate surface area is 280 Å². The number of hydrogen-bond acceptors (Lipinski definition) is 10. The zero-order valence-corrected chi connectivity index (χ0v) is 29.7. The Bertz CT molecular complexity index is 1230. The Kier molecular flexibility index (Phi) is 12.4. The van der Waals surface area contributed by atoms with Crippen LogP contribution in [0.5, 0.6) is 0 Å². The van der Waals surface area contributed by atoms with Crippen LogP contribution in [0.4, 0.5) is 4.79 Å². The van der Waals surface area contributed by atoms with Gasteiger partial charge in [-0.2, -0.15) is 0 Å². The number of aliphatic hydroxyl groups is 1. The van der Waals surface area contributed by atoms with Gasteiger partial charge < -0.3 is 43.3 Å². The molecule has 264 valence electrons. The van der Waals surface area contributed by atoms with Crippen molar-refractivity contribution in [2.24, 2.45) is 11.8 Å². The van der Waals surface area contributed by atoms with Crippen LogP contribution in [0.1, 0.15) is 79.2 Å². The molecule has 1 aliphatic carbocycles. The molecule has 1 N–H and O–H groups in total. The van der Waals surface area contributed by atoms with E-state index in [0.717, 1.165) is 18.4 Å². The van der Waals surface area contributed by atoms with E-state index in [0.29, 0.717) is 30.7 Å². The summed E-state index contributed by atoms with van der Waals surface area (Å²) in [5.41, 5.74) is 0.448. The third kappa shape index (κ3) is 9.69. The van der Waals surface area contributed by atoms with Crippen molar-refractivity contribution in [3.05, 3.63) is 47.2 Å². The number of amides is 1. The summed E-state index contributed by atoms with van der Waals surface area (Å²) >= 11 is 0. The Morgan fingerprint density at radius 3 is 2.45 bits per heavy atom. The van der Waals surface area contributed by atoms with E-state index in [1.165, 1.54) is 0 Å². The third-order valence-corrected chi connectivity index (χ3v) is 9.67. The van der Waals surface area contributed by atoms with Gasteiger partial charge in [0.25, 0.3) is 0 Å². The molecule has 7 atom stereocenters. The van der Waals surface area contributed by atoms with Crippen molar-refractivity contribution in [2.75, 3.05) is 34.4 Å². The molecule has 0 radical (unpaired) electrons. The molecular formula is C36H56N2O9. The lowest BCUT2D eigenvalue weighted by Crippen LogP contribution is -2.56. The quantitative estimate of drug-likeness (QED) is 0.250. The summed E-state index contributed by atoms with van der Waals surface area (Å²) in [6, 6.07) is 9.90. The second-order valence-corrected chi connectivity index (χ2v) is 14.5. The first-order valence-electron chi connectivity index (χ1n) is 16.9. The van der Waals surface area contributed by atoms with E-state index >= 15 is 0 Å². The number of hydrogen-bond donors (Lipinski definition) is 1. The first-order valence-corrected chi connectivity index (χ1v) is 16.9. The van der Waals surface area contributed by atoms with Gasteiger partial charge in [0.1, 0.15) is 12.4 Å². The maximum atomic E-state index is 13.4. The second kappa shape index (κ2) is 15.7. The number of ether oxygens (including phenoxy) is 6. The fourth-order valence-electron chi connectivity index (χ4n) is 6.61. The minimum Gasteiger partial charge on any atom is -0.457 e. The number of benzene rings is 1. The van der Waals surface area contributed by atoms with Crippen molar-refractivity contribution in [1.29, 1.82) is 0 Å². The molecule has 1 saturated carbocycles. The molecule has 1 aromatic rings. The molecule has 0 bridgehead atoms. The molecule has 3 aliphatic rings. The van der Waals surface area contributed by atoms with E-state index in [1.807, 2.05) is 63.2 Å². The van der Waals surface area contributed by atoms with Crippen molar-refractivity contribution in [3.8, 4) is 0 Å². The zero-order chi connectivity index (χ0) is 34.5. The number of nitrogens with zero attached hydrogens (tertiary/aromatic N) is 2. The van der Waals surface area contributed by atoms with Gasteiger partial charge >= 0.3 is 12.1 Å². The number of carbonyl (C=O) groups is 2. The maximum Gasteiger partial charge on any atom is 0.410 e. The summed E-state index contributed by atoms with van der Waals surface area (Å²) in [6.45, 7) is 11.7. The molecule has 11 heteroatoms. The zero-order valence-electron chi connectivity index (χ0n) is 29.7. The monoisotopic (exact) mass is 660 g/mol. The van der Waals surface area contributed by atoms with Gasteiger partial charge in [0.2, 0.25) is 5.79 Å². The van der Waals surface area contributed by atoms with Crippen LogP contribution >= 0.6 is 0 Å². The fraction of sp³-hybridized carbons (Fsp3) is 0.722. The number of esters is 1. The van der Waals surface area contributed by atoms with E-state index in [1.54, 1.807) is 27.9 Å².